The lowest BCUT2D eigenvalue weighted by atomic mass is 10.1. The van der Waals surface area contributed by atoms with E-state index < -0.39 is 28.5 Å². The molecule has 0 unspecified atom stereocenters. The SMILES string of the molecule is CCNC(=O)[C@H](CC)N(Cc1c(Cl)cccc1Cl)C(=O)CN(c1ccccc1OCC)S(=O)(=O)c1ccc(Cl)cc1. The first-order valence-corrected chi connectivity index (χ1v) is 15.6. The Bertz CT molecular complexity index is 1450. The molecule has 41 heavy (non-hydrogen) atoms. The van der Waals surface area contributed by atoms with Crippen molar-refractivity contribution in [3.8, 4) is 5.75 Å². The third-order valence-electron chi connectivity index (χ3n) is 6.24. The van der Waals surface area contributed by atoms with Crippen LogP contribution in [0.1, 0.15) is 32.8 Å². The van der Waals surface area contributed by atoms with Crippen LogP contribution in [0.2, 0.25) is 15.1 Å². The maximum Gasteiger partial charge on any atom is 0.264 e. The molecule has 0 aliphatic carbocycles. The van der Waals surface area contributed by atoms with Crippen LogP contribution in [0.4, 0.5) is 5.69 Å². The highest BCUT2D eigenvalue weighted by atomic mass is 35.5. The fourth-order valence-corrected chi connectivity index (χ4v) is 6.32. The molecule has 8 nitrogen and oxygen atoms in total. The third-order valence-corrected chi connectivity index (χ3v) is 8.98. The molecule has 0 aliphatic rings. The van der Waals surface area contributed by atoms with Crippen molar-refractivity contribution in [3.63, 3.8) is 0 Å². The minimum Gasteiger partial charge on any atom is -0.492 e. The number of amides is 2. The summed E-state index contributed by atoms with van der Waals surface area (Å²) in [6, 6.07) is 16.2. The highest BCUT2D eigenvalue weighted by Crippen LogP contribution is 2.34. The number of nitrogens with one attached hydrogen (secondary N) is 1. The van der Waals surface area contributed by atoms with Gasteiger partial charge in [0.1, 0.15) is 18.3 Å². The quantitative estimate of drug-likeness (QED) is 0.241. The molecule has 0 saturated carbocycles. The summed E-state index contributed by atoms with van der Waals surface area (Å²) in [5, 5.41) is 3.74. The van der Waals surface area contributed by atoms with Gasteiger partial charge in [0.05, 0.1) is 17.2 Å². The number of halogens is 3. The number of carbonyl (C=O) groups is 2. The molecule has 3 aromatic rings. The average Bonchev–Trinajstić information content (AvgIpc) is 2.94. The number of hydrogen-bond acceptors (Lipinski definition) is 5. The van der Waals surface area contributed by atoms with Gasteiger partial charge in [-0.25, -0.2) is 8.42 Å². The molecule has 0 radical (unpaired) electrons. The predicted octanol–water partition coefficient (Wildman–Crippen LogP) is 6.18. The van der Waals surface area contributed by atoms with E-state index in [1.54, 1.807) is 63.2 Å². The van der Waals surface area contributed by atoms with Crippen molar-refractivity contribution in [3.05, 3.63) is 87.4 Å². The topological polar surface area (TPSA) is 96.0 Å². The summed E-state index contributed by atoms with van der Waals surface area (Å²) in [5.74, 6) is -0.743. The Morgan fingerprint density at radius 3 is 2.12 bits per heavy atom. The molecule has 3 aromatic carbocycles. The van der Waals surface area contributed by atoms with Crippen LogP contribution >= 0.6 is 34.8 Å². The molecular weight excluding hydrogens is 609 g/mol. The van der Waals surface area contributed by atoms with Gasteiger partial charge in [-0.1, -0.05) is 59.9 Å². The Morgan fingerprint density at radius 2 is 1.54 bits per heavy atom. The zero-order chi connectivity index (χ0) is 30.2. The molecule has 0 fully saturated rings. The summed E-state index contributed by atoms with van der Waals surface area (Å²) in [6.07, 6.45) is 0.263. The Kier molecular flexibility index (Phi) is 11.7. The van der Waals surface area contributed by atoms with E-state index in [1.807, 2.05) is 0 Å². The number of hydrogen-bond donors (Lipinski definition) is 1. The largest absolute Gasteiger partial charge is 0.492 e. The van der Waals surface area contributed by atoms with Gasteiger partial charge in [-0.2, -0.15) is 0 Å². The van der Waals surface area contributed by atoms with Gasteiger partial charge in [-0.15, -0.1) is 0 Å². The first-order chi connectivity index (χ1) is 19.5. The van der Waals surface area contributed by atoms with Crippen LogP contribution in [0.3, 0.4) is 0 Å². The van der Waals surface area contributed by atoms with Crippen molar-refractivity contribution >= 4 is 62.3 Å². The van der Waals surface area contributed by atoms with E-state index in [0.29, 0.717) is 27.2 Å². The van der Waals surface area contributed by atoms with Gasteiger partial charge in [-0.05, 0) is 68.8 Å². The van der Waals surface area contributed by atoms with Gasteiger partial charge in [0.25, 0.3) is 10.0 Å². The lowest BCUT2D eigenvalue weighted by molar-refractivity contribution is -0.140. The van der Waals surface area contributed by atoms with E-state index in [0.717, 1.165) is 4.31 Å². The van der Waals surface area contributed by atoms with Crippen LogP contribution in [-0.2, 0) is 26.2 Å². The van der Waals surface area contributed by atoms with Gasteiger partial charge >= 0.3 is 0 Å². The van der Waals surface area contributed by atoms with Crippen LogP contribution in [0, 0.1) is 0 Å². The molecule has 0 bridgehead atoms. The number of rotatable bonds is 13. The summed E-state index contributed by atoms with van der Waals surface area (Å²) in [4.78, 5) is 28.5. The highest BCUT2D eigenvalue weighted by molar-refractivity contribution is 7.92. The van der Waals surface area contributed by atoms with E-state index in [-0.39, 0.29) is 41.8 Å². The van der Waals surface area contributed by atoms with E-state index in [9.17, 15) is 18.0 Å². The van der Waals surface area contributed by atoms with Crippen molar-refractivity contribution in [2.75, 3.05) is 24.0 Å². The maximum absolute atomic E-state index is 14.2. The number of ether oxygens (including phenoxy) is 1. The molecule has 0 aliphatic heterocycles. The zero-order valence-electron chi connectivity index (χ0n) is 22.9. The number of anilines is 1. The first kappa shape index (κ1) is 32.5. The molecule has 0 saturated heterocycles. The molecule has 2 amide bonds. The molecule has 12 heteroatoms. The molecule has 1 atom stereocenters. The maximum atomic E-state index is 14.2. The summed E-state index contributed by atoms with van der Waals surface area (Å²) in [5.41, 5.74) is 0.605. The lowest BCUT2D eigenvalue weighted by Gasteiger charge is -2.33. The molecule has 0 heterocycles. The molecular formula is C29H32Cl3N3O5S. The molecule has 0 spiro atoms. The molecule has 1 N–H and O–H groups in total. The van der Waals surface area contributed by atoms with Gasteiger partial charge in [0.2, 0.25) is 11.8 Å². The number of para-hydroxylation sites is 2. The fourth-order valence-electron chi connectivity index (χ4n) is 4.25. The zero-order valence-corrected chi connectivity index (χ0v) is 26.0. The number of carbonyl (C=O) groups excluding carboxylic acids is 2. The number of nitrogens with zero attached hydrogens (tertiary/aromatic N) is 2. The van der Waals surface area contributed by atoms with Crippen LogP contribution in [0.15, 0.2) is 71.6 Å². The molecule has 0 aromatic heterocycles. The summed E-state index contributed by atoms with van der Waals surface area (Å²) >= 11 is 18.9. The van der Waals surface area contributed by atoms with Crippen molar-refractivity contribution in [2.24, 2.45) is 0 Å². The molecule has 3 rings (SSSR count). The normalized spacial score (nSPS) is 12.0. The van der Waals surface area contributed by atoms with Gasteiger partial charge in [0, 0.05) is 33.7 Å². The number of sulfonamides is 1. The van der Waals surface area contributed by atoms with E-state index in [1.165, 1.54) is 29.2 Å². The van der Waals surface area contributed by atoms with Crippen LogP contribution in [-0.4, -0.2) is 50.9 Å². The second-order valence-corrected chi connectivity index (χ2v) is 12.0. The lowest BCUT2D eigenvalue weighted by Crippen LogP contribution is -2.52. The van der Waals surface area contributed by atoms with Crippen LogP contribution in [0.25, 0.3) is 0 Å². The Balaban J connectivity index is 2.15. The average molecular weight is 641 g/mol. The second kappa shape index (κ2) is 14.8. The summed E-state index contributed by atoms with van der Waals surface area (Å²) in [7, 11) is -4.30. The van der Waals surface area contributed by atoms with Gasteiger partial charge in [-0.3, -0.25) is 13.9 Å². The van der Waals surface area contributed by atoms with Crippen molar-refractivity contribution in [1.82, 2.24) is 10.2 Å². The monoisotopic (exact) mass is 639 g/mol. The minimum absolute atomic E-state index is 0.0718. The Hall–Kier alpha value is -2.98. The Morgan fingerprint density at radius 1 is 0.902 bits per heavy atom. The molecule has 220 valence electrons. The Labute approximate surface area is 256 Å². The van der Waals surface area contributed by atoms with E-state index in [4.69, 9.17) is 39.5 Å². The fraction of sp³-hybridized carbons (Fsp3) is 0.310. The second-order valence-electron chi connectivity index (χ2n) is 8.91. The predicted molar refractivity (Wildman–Crippen MR) is 163 cm³/mol. The first-order valence-electron chi connectivity index (χ1n) is 13.0. The van der Waals surface area contributed by atoms with Crippen molar-refractivity contribution in [2.45, 2.75) is 44.7 Å². The minimum atomic E-state index is -4.30. The van der Waals surface area contributed by atoms with Gasteiger partial charge in [0.15, 0.2) is 0 Å². The van der Waals surface area contributed by atoms with Crippen molar-refractivity contribution < 1.29 is 22.7 Å². The number of benzene rings is 3. The van der Waals surface area contributed by atoms with Crippen LogP contribution < -0.4 is 14.4 Å². The third kappa shape index (κ3) is 7.86. The van der Waals surface area contributed by atoms with E-state index in [2.05, 4.69) is 5.32 Å². The smallest absolute Gasteiger partial charge is 0.264 e. The van der Waals surface area contributed by atoms with Gasteiger partial charge < -0.3 is 15.0 Å². The standard InChI is InChI=1S/C29H32Cl3N3O5S/c1-4-25(29(37)33-5-2)34(18-22-23(31)10-9-11-24(22)32)28(36)19-35(26-12-7-8-13-27(26)40-6-3)41(38,39)21-16-14-20(30)15-17-21/h7-17,25H,4-6,18-19H2,1-3H3,(H,33,37)/t25-/m0/s1. The summed E-state index contributed by atoms with van der Waals surface area (Å²) < 4.78 is 34.8. The van der Waals surface area contributed by atoms with Crippen LogP contribution in [0.5, 0.6) is 5.75 Å². The van der Waals surface area contributed by atoms with E-state index >= 15 is 0 Å². The highest BCUT2D eigenvalue weighted by Gasteiger charge is 2.35. The summed E-state index contributed by atoms with van der Waals surface area (Å²) in [6.45, 7) is 5.18. The van der Waals surface area contributed by atoms with Crippen molar-refractivity contribution in [1.29, 1.82) is 0 Å². The number of likely N-dealkylation sites (N-methyl/N-ethyl adjacent to an activating group) is 1.